The third-order valence-corrected chi connectivity index (χ3v) is 10.4. The number of carbonyl (C=O) groups is 4. The number of aromatic nitrogens is 4. The molecule has 3 aromatic heterocycles. The summed E-state index contributed by atoms with van der Waals surface area (Å²) in [5, 5.41) is 30.0. The Hall–Kier alpha value is -3.39. The van der Waals surface area contributed by atoms with Crippen molar-refractivity contribution >= 4 is 115 Å². The summed E-state index contributed by atoms with van der Waals surface area (Å²) in [6, 6.07) is 2.37. The number of nitrogens with one attached hydrogen (secondary N) is 2. The standard InChI is InChI=1S/C27H27Cl4N9O7S2/c1-11(23(43)44)47-37-15(14-18(28)49-26(32)35-14)20(41)34-16-21(42)40-17(24(45)46)12(10-48-22(16)40)9-38-7-3-5-13-19(38)36-25(27(29,30)31)39(13)8-4-6-33-2/h3,5,7,11,16,22,33H,4,6,8-10H2,1-2H3,(H4-,32,34,35,41,43,44,45,46)/b37-15-/t11-,16+,22?/m0/s1. The number of carbonyl (C=O) groups excluding carboxylic acids is 3. The summed E-state index contributed by atoms with van der Waals surface area (Å²) < 4.78 is 1.61. The Labute approximate surface area is 306 Å². The van der Waals surface area contributed by atoms with Crippen LogP contribution in [-0.2, 0) is 40.9 Å². The Morgan fingerprint density at radius 2 is 2.06 bits per heavy atom. The van der Waals surface area contributed by atoms with Gasteiger partial charge in [0.2, 0.25) is 6.10 Å². The molecule has 0 aliphatic carbocycles. The Kier molecular flexibility index (Phi) is 11.2. The molecule has 5 heterocycles. The van der Waals surface area contributed by atoms with Gasteiger partial charge in [-0.05, 0) is 44.1 Å². The Balaban J connectivity index is 1.42. The monoisotopic (exact) mass is 793 g/mol. The van der Waals surface area contributed by atoms with Crippen molar-refractivity contribution in [3.05, 3.63) is 45.5 Å². The third kappa shape index (κ3) is 7.54. The summed E-state index contributed by atoms with van der Waals surface area (Å²) in [5.41, 5.74) is 6.07. The number of aliphatic carboxylic acids is 2. The summed E-state index contributed by atoms with van der Waals surface area (Å²) in [6.07, 6.45) is 0.966. The second-order valence-electron chi connectivity index (χ2n) is 10.7. The summed E-state index contributed by atoms with van der Waals surface area (Å²) in [6.45, 7) is 2.39. The highest BCUT2D eigenvalue weighted by Gasteiger charge is 2.53. The number of hydrogen-bond donors (Lipinski definition) is 4. The van der Waals surface area contributed by atoms with Crippen molar-refractivity contribution in [2.24, 2.45) is 5.16 Å². The number of alkyl halides is 3. The molecule has 0 radical (unpaired) electrons. The number of carboxylic acid groups (broad SMARTS) is 2. The first-order valence-electron chi connectivity index (χ1n) is 14.3. The fourth-order valence-electron chi connectivity index (χ4n) is 5.16. The lowest BCUT2D eigenvalue weighted by Crippen LogP contribution is -2.71. The number of nitrogens with two attached hydrogens (primary N) is 1. The van der Waals surface area contributed by atoms with Crippen molar-refractivity contribution < 1.29 is 38.8 Å². The summed E-state index contributed by atoms with van der Waals surface area (Å²) in [7, 11) is 1.82. The van der Waals surface area contributed by atoms with Gasteiger partial charge in [0, 0.05) is 17.9 Å². The van der Waals surface area contributed by atoms with Gasteiger partial charge in [-0.2, -0.15) is 0 Å². The molecule has 0 spiro atoms. The van der Waals surface area contributed by atoms with Crippen LogP contribution >= 0.6 is 69.5 Å². The second-order valence-corrected chi connectivity index (χ2v) is 15.7. The van der Waals surface area contributed by atoms with E-state index in [1.165, 1.54) is 18.7 Å². The van der Waals surface area contributed by atoms with Gasteiger partial charge in [-0.1, -0.05) is 62.9 Å². The zero-order valence-electron chi connectivity index (χ0n) is 25.5. The van der Waals surface area contributed by atoms with Gasteiger partial charge in [0.05, 0.1) is 17.9 Å². The molecule has 1 unspecified atom stereocenters. The van der Waals surface area contributed by atoms with Gasteiger partial charge in [0.25, 0.3) is 21.4 Å². The minimum atomic E-state index is -1.84. The topological polar surface area (TPSA) is 221 Å². The zero-order valence-corrected chi connectivity index (χ0v) is 30.1. The molecule has 3 atom stereocenters. The van der Waals surface area contributed by atoms with Gasteiger partial charge >= 0.3 is 11.6 Å². The Morgan fingerprint density at radius 1 is 1.33 bits per heavy atom. The maximum Gasteiger partial charge on any atom is 0.349 e. The molecule has 49 heavy (non-hydrogen) atoms. The molecular formula is C27H27Cl4N9O7S2. The number of thioether (sulfide) groups is 1. The molecule has 1 saturated heterocycles. The zero-order chi connectivity index (χ0) is 35.8. The lowest BCUT2D eigenvalue weighted by atomic mass is 10.0. The number of rotatable bonds is 13. The van der Waals surface area contributed by atoms with Crippen molar-refractivity contribution in [3.8, 4) is 0 Å². The molecule has 3 aromatic rings. The minimum Gasteiger partial charge on any atom is -0.543 e. The molecule has 22 heteroatoms. The van der Waals surface area contributed by atoms with E-state index in [0.717, 1.165) is 16.2 Å². The van der Waals surface area contributed by atoms with E-state index in [-0.39, 0.29) is 39.0 Å². The molecule has 5 N–H and O–H groups in total. The number of imidazole rings is 1. The number of hydrogen-bond acceptors (Lipinski definition) is 13. The van der Waals surface area contributed by atoms with E-state index in [2.05, 4.69) is 25.8 Å². The molecule has 5 rings (SSSR count). The molecule has 2 aliphatic rings. The van der Waals surface area contributed by atoms with Crippen LogP contribution in [0.4, 0.5) is 5.13 Å². The highest BCUT2D eigenvalue weighted by molar-refractivity contribution is 8.00. The first kappa shape index (κ1) is 36.9. The van der Waals surface area contributed by atoms with Crippen LogP contribution in [-0.4, -0.2) is 90.9 Å². The molecule has 0 saturated carbocycles. The molecule has 2 amide bonds. The SMILES string of the molecule is CNCCCn1c(C(Cl)(Cl)Cl)nc2c1ccc[n+]2CC1=C(C(=O)[O-])N2C(=O)[C@@H](NC(=O)/C(=N\O[C@@H](C)C(=O)O)c3nc(N)sc3Cl)C2SC1. The van der Waals surface area contributed by atoms with E-state index in [9.17, 15) is 24.3 Å². The number of β-lactam (4-membered cyclic amide) rings is 1. The maximum absolute atomic E-state index is 13.4. The molecule has 0 bridgehead atoms. The first-order valence-corrected chi connectivity index (χ1v) is 17.7. The maximum atomic E-state index is 13.4. The largest absolute Gasteiger partial charge is 0.543 e. The van der Waals surface area contributed by atoms with E-state index in [1.54, 1.807) is 21.4 Å². The quantitative estimate of drug-likeness (QED) is 0.0471. The van der Waals surface area contributed by atoms with Crippen LogP contribution in [0.15, 0.2) is 34.8 Å². The smallest absolute Gasteiger partial charge is 0.349 e. The average Bonchev–Trinajstić information content (AvgIpc) is 3.59. The van der Waals surface area contributed by atoms with Crippen LogP contribution < -0.4 is 26.0 Å². The summed E-state index contributed by atoms with van der Waals surface area (Å²) in [5.74, 6) is -4.33. The number of amides is 2. The van der Waals surface area contributed by atoms with E-state index in [4.69, 9.17) is 62.1 Å². The van der Waals surface area contributed by atoms with E-state index in [1.807, 2.05) is 13.1 Å². The Morgan fingerprint density at radius 3 is 2.67 bits per heavy atom. The summed E-state index contributed by atoms with van der Waals surface area (Å²) >= 11 is 27.0. The van der Waals surface area contributed by atoms with Crippen LogP contribution in [0.5, 0.6) is 0 Å². The molecule has 0 aromatic carbocycles. The molecule has 262 valence electrons. The predicted octanol–water partition coefficient (Wildman–Crippen LogP) is 0.750. The van der Waals surface area contributed by atoms with Crippen molar-refractivity contribution in [2.45, 2.75) is 47.7 Å². The highest BCUT2D eigenvalue weighted by atomic mass is 35.6. The van der Waals surface area contributed by atoms with Gasteiger partial charge in [-0.25, -0.2) is 14.3 Å². The summed E-state index contributed by atoms with van der Waals surface area (Å²) in [4.78, 5) is 65.1. The molecule has 16 nitrogen and oxygen atoms in total. The van der Waals surface area contributed by atoms with Crippen molar-refractivity contribution in [1.29, 1.82) is 0 Å². The van der Waals surface area contributed by atoms with E-state index in [0.29, 0.717) is 36.2 Å². The van der Waals surface area contributed by atoms with Crippen LogP contribution in [0.2, 0.25) is 4.34 Å². The van der Waals surface area contributed by atoms with Crippen molar-refractivity contribution in [3.63, 3.8) is 0 Å². The Bertz CT molecular complexity index is 1890. The number of pyridine rings is 1. The van der Waals surface area contributed by atoms with Gasteiger partial charge in [0.1, 0.15) is 33.5 Å². The van der Waals surface area contributed by atoms with Crippen LogP contribution in [0.1, 0.15) is 24.9 Å². The molecule has 1 fully saturated rings. The normalized spacial score (nSPS) is 18.7. The van der Waals surface area contributed by atoms with Gasteiger partial charge in [-0.15, -0.1) is 11.8 Å². The van der Waals surface area contributed by atoms with Crippen LogP contribution in [0.25, 0.3) is 11.2 Å². The predicted molar refractivity (Wildman–Crippen MR) is 181 cm³/mol. The van der Waals surface area contributed by atoms with E-state index < -0.39 is 50.8 Å². The number of thiazole rings is 1. The molecular weight excluding hydrogens is 768 g/mol. The number of nitrogen functional groups attached to an aromatic ring is 1. The van der Waals surface area contributed by atoms with Gasteiger partial charge in [0.15, 0.2) is 10.8 Å². The fourth-order valence-corrected chi connectivity index (χ4v) is 7.86. The number of anilines is 1. The molecule has 2 aliphatic heterocycles. The second kappa shape index (κ2) is 14.8. The van der Waals surface area contributed by atoms with Crippen LogP contribution in [0, 0.1) is 0 Å². The number of aryl methyl sites for hydroxylation is 1. The van der Waals surface area contributed by atoms with Crippen molar-refractivity contribution in [1.82, 2.24) is 30.1 Å². The number of carboxylic acids is 2. The minimum absolute atomic E-state index is 0.00517. The first-order chi connectivity index (χ1) is 23.1. The highest BCUT2D eigenvalue weighted by Crippen LogP contribution is 2.41. The lowest BCUT2D eigenvalue weighted by Gasteiger charge is -2.50. The number of oxime groups is 1. The van der Waals surface area contributed by atoms with Crippen molar-refractivity contribution in [2.75, 3.05) is 25.1 Å². The fraction of sp³-hybridized carbons (Fsp3) is 0.407. The third-order valence-electron chi connectivity index (χ3n) is 7.42. The lowest BCUT2D eigenvalue weighted by molar-refractivity contribution is -0.664. The van der Waals surface area contributed by atoms with Gasteiger partial charge in [-0.3, -0.25) is 19.1 Å². The number of nitrogens with zero attached hydrogens (tertiary/aromatic N) is 6. The average molecular weight is 796 g/mol. The number of fused-ring (bicyclic) bond motifs is 2. The number of halogens is 4. The van der Waals surface area contributed by atoms with E-state index >= 15 is 0 Å². The van der Waals surface area contributed by atoms with Gasteiger partial charge < -0.3 is 36.2 Å². The van der Waals surface area contributed by atoms with Crippen LogP contribution in [0.3, 0.4) is 0 Å².